The Kier molecular flexibility index (Phi) is 4.28. The van der Waals surface area contributed by atoms with E-state index in [1.165, 1.54) is 0 Å². The maximum atomic E-state index is 12.7. The number of hydrogen-bond acceptors (Lipinski definition) is 4. The zero-order valence-electron chi connectivity index (χ0n) is 16.0. The highest BCUT2D eigenvalue weighted by Gasteiger charge is 2.24. The molecule has 144 valence electrons. The maximum Gasteiger partial charge on any atom is 0.274 e. The van der Waals surface area contributed by atoms with Crippen LogP contribution in [0.25, 0.3) is 16.5 Å². The van der Waals surface area contributed by atoms with Gasteiger partial charge in [0.15, 0.2) is 5.58 Å². The third-order valence-electron chi connectivity index (χ3n) is 5.91. The number of rotatable bonds is 4. The smallest absolute Gasteiger partial charge is 0.274 e. The molecule has 0 bridgehead atoms. The van der Waals surface area contributed by atoms with Crippen LogP contribution in [-0.4, -0.2) is 38.7 Å². The summed E-state index contributed by atoms with van der Waals surface area (Å²) in [6.45, 7) is 5.67. The number of benzene rings is 1. The summed E-state index contributed by atoms with van der Waals surface area (Å²) in [6, 6.07) is 10.0. The van der Waals surface area contributed by atoms with Gasteiger partial charge in [0.05, 0.1) is 5.69 Å². The van der Waals surface area contributed by atoms with Crippen molar-refractivity contribution in [3.63, 3.8) is 0 Å². The van der Waals surface area contributed by atoms with Gasteiger partial charge in [-0.3, -0.25) is 4.79 Å². The Morgan fingerprint density at radius 3 is 2.82 bits per heavy atom. The lowest BCUT2D eigenvalue weighted by atomic mass is 9.91. The summed E-state index contributed by atoms with van der Waals surface area (Å²) in [5.41, 5.74) is 3.91. The average molecular weight is 376 g/mol. The van der Waals surface area contributed by atoms with Crippen LogP contribution < -0.4 is 5.56 Å². The molecule has 0 aliphatic carbocycles. The monoisotopic (exact) mass is 376 g/mol. The van der Waals surface area contributed by atoms with Gasteiger partial charge in [0.25, 0.3) is 5.56 Å². The van der Waals surface area contributed by atoms with Crippen LogP contribution in [0, 0.1) is 6.92 Å². The Labute approximate surface area is 163 Å². The van der Waals surface area contributed by atoms with Crippen LogP contribution in [0.5, 0.6) is 0 Å². The highest BCUT2D eigenvalue weighted by molar-refractivity contribution is 5.79. The highest BCUT2D eigenvalue weighted by Crippen LogP contribution is 2.32. The minimum Gasteiger partial charge on any atom is -0.356 e. The van der Waals surface area contributed by atoms with Crippen LogP contribution in [0.1, 0.15) is 30.0 Å². The third-order valence-corrected chi connectivity index (χ3v) is 5.91. The molecule has 3 aromatic heterocycles. The van der Waals surface area contributed by atoms with E-state index in [1.54, 1.807) is 0 Å². The van der Waals surface area contributed by atoms with Crippen LogP contribution in [0.15, 0.2) is 58.2 Å². The van der Waals surface area contributed by atoms with E-state index >= 15 is 0 Å². The van der Waals surface area contributed by atoms with Crippen molar-refractivity contribution < 1.29 is 4.52 Å². The van der Waals surface area contributed by atoms with Crippen molar-refractivity contribution in [1.29, 1.82) is 0 Å². The molecule has 0 spiro atoms. The lowest BCUT2D eigenvalue weighted by Gasteiger charge is -2.31. The first-order chi connectivity index (χ1) is 13.7. The number of hydrogen-bond donors (Lipinski definition) is 0. The van der Waals surface area contributed by atoms with Crippen LogP contribution in [0.4, 0.5) is 0 Å². The van der Waals surface area contributed by atoms with Gasteiger partial charge in [0.1, 0.15) is 5.52 Å². The molecule has 1 aliphatic rings. The Bertz CT molecular complexity index is 1180. The summed E-state index contributed by atoms with van der Waals surface area (Å²) in [5, 5.41) is 5.48. The maximum absolute atomic E-state index is 12.7. The van der Waals surface area contributed by atoms with Crippen LogP contribution in [0.3, 0.4) is 0 Å². The summed E-state index contributed by atoms with van der Waals surface area (Å²) < 4.78 is 9.21. The second-order valence-electron chi connectivity index (χ2n) is 7.79. The summed E-state index contributed by atoms with van der Waals surface area (Å²) in [5.74, 6) is 0.447. The van der Waals surface area contributed by atoms with Crippen molar-refractivity contribution in [3.05, 3.63) is 70.5 Å². The van der Waals surface area contributed by atoms with Gasteiger partial charge in [-0.1, -0.05) is 17.3 Å². The molecule has 1 aromatic carbocycles. The zero-order chi connectivity index (χ0) is 19.1. The molecule has 28 heavy (non-hydrogen) atoms. The van der Waals surface area contributed by atoms with Crippen molar-refractivity contribution in [2.75, 3.05) is 19.6 Å². The summed E-state index contributed by atoms with van der Waals surface area (Å²) in [4.78, 5) is 15.1. The molecule has 1 saturated heterocycles. The summed E-state index contributed by atoms with van der Waals surface area (Å²) in [7, 11) is 0. The van der Waals surface area contributed by atoms with E-state index in [0.29, 0.717) is 5.92 Å². The Morgan fingerprint density at radius 2 is 1.96 bits per heavy atom. The number of fused-ring (bicyclic) bond motifs is 2. The molecule has 0 saturated carbocycles. The molecule has 6 nitrogen and oxygen atoms in total. The Morgan fingerprint density at radius 1 is 1.14 bits per heavy atom. The van der Waals surface area contributed by atoms with Crippen molar-refractivity contribution in [2.24, 2.45) is 0 Å². The SMILES string of the molecule is Cc1cc2c(=O)n(CCN3CCC(c4noc5ccccc45)CC3)ccn2c1. The first-order valence-electron chi connectivity index (χ1n) is 9.93. The van der Waals surface area contributed by atoms with Gasteiger partial charge in [-0.2, -0.15) is 0 Å². The lowest BCUT2D eigenvalue weighted by molar-refractivity contribution is 0.202. The molecule has 6 heteroatoms. The number of likely N-dealkylation sites (tertiary alicyclic amines) is 1. The van der Waals surface area contributed by atoms with Crippen molar-refractivity contribution in [1.82, 2.24) is 19.0 Å². The molecule has 0 atom stereocenters. The van der Waals surface area contributed by atoms with Gasteiger partial charge in [-0.25, -0.2) is 0 Å². The van der Waals surface area contributed by atoms with Crippen LogP contribution >= 0.6 is 0 Å². The Balaban J connectivity index is 1.23. The normalized spacial score (nSPS) is 16.3. The largest absolute Gasteiger partial charge is 0.356 e. The van der Waals surface area contributed by atoms with Crippen molar-refractivity contribution >= 4 is 16.5 Å². The van der Waals surface area contributed by atoms with E-state index in [9.17, 15) is 4.79 Å². The summed E-state index contributed by atoms with van der Waals surface area (Å²) >= 11 is 0. The van der Waals surface area contributed by atoms with Crippen molar-refractivity contribution in [3.8, 4) is 0 Å². The van der Waals surface area contributed by atoms with Crippen LogP contribution in [0.2, 0.25) is 0 Å². The fourth-order valence-corrected chi connectivity index (χ4v) is 4.33. The number of para-hydroxylation sites is 1. The zero-order valence-corrected chi connectivity index (χ0v) is 16.0. The second kappa shape index (κ2) is 6.95. The average Bonchev–Trinajstić information content (AvgIpc) is 3.31. The molecular formula is C22H24N4O2. The molecule has 0 radical (unpaired) electrons. The van der Waals surface area contributed by atoms with Gasteiger partial charge >= 0.3 is 0 Å². The third kappa shape index (κ3) is 3.03. The highest BCUT2D eigenvalue weighted by atomic mass is 16.5. The molecule has 1 fully saturated rings. The van der Waals surface area contributed by atoms with Gasteiger partial charge in [-0.05, 0) is 56.6 Å². The summed E-state index contributed by atoms with van der Waals surface area (Å²) in [6.07, 6.45) is 7.98. The Hall–Kier alpha value is -2.86. The van der Waals surface area contributed by atoms with E-state index < -0.39 is 0 Å². The fourth-order valence-electron chi connectivity index (χ4n) is 4.33. The minimum absolute atomic E-state index is 0.0829. The standard InChI is InChI=1S/C22H24N4O2/c1-16-14-19-22(27)25(12-13-26(19)15-16)11-10-24-8-6-17(7-9-24)21-18-4-2-3-5-20(18)28-23-21/h2-5,12-15,17H,6-11H2,1H3. The van der Waals surface area contributed by atoms with Gasteiger partial charge < -0.3 is 18.4 Å². The molecule has 4 heterocycles. The number of aromatic nitrogens is 3. The quantitative estimate of drug-likeness (QED) is 0.548. The number of piperidine rings is 1. The number of aryl methyl sites for hydroxylation is 1. The molecule has 0 N–H and O–H groups in total. The van der Waals surface area contributed by atoms with Gasteiger partial charge in [-0.15, -0.1) is 0 Å². The van der Waals surface area contributed by atoms with E-state index in [0.717, 1.165) is 66.8 Å². The molecule has 1 aliphatic heterocycles. The van der Waals surface area contributed by atoms with Crippen LogP contribution in [-0.2, 0) is 6.54 Å². The predicted molar refractivity (Wildman–Crippen MR) is 109 cm³/mol. The molecule has 0 unspecified atom stereocenters. The molecule has 0 amide bonds. The molecule has 5 rings (SSSR count). The second-order valence-corrected chi connectivity index (χ2v) is 7.79. The van der Waals surface area contributed by atoms with E-state index in [4.69, 9.17) is 4.52 Å². The van der Waals surface area contributed by atoms with E-state index in [2.05, 4.69) is 16.1 Å². The molecule has 4 aromatic rings. The first kappa shape index (κ1) is 17.3. The first-order valence-corrected chi connectivity index (χ1v) is 9.93. The topological polar surface area (TPSA) is 55.7 Å². The minimum atomic E-state index is 0.0829. The van der Waals surface area contributed by atoms with E-state index in [1.807, 2.05) is 58.7 Å². The van der Waals surface area contributed by atoms with E-state index in [-0.39, 0.29) is 5.56 Å². The predicted octanol–water partition coefficient (Wildman–Crippen LogP) is 3.43. The van der Waals surface area contributed by atoms with Gasteiger partial charge in [0.2, 0.25) is 0 Å². The van der Waals surface area contributed by atoms with Crippen molar-refractivity contribution in [2.45, 2.75) is 32.2 Å². The fraction of sp³-hybridized carbons (Fsp3) is 0.364. The number of nitrogens with zero attached hydrogens (tertiary/aromatic N) is 4. The lowest BCUT2D eigenvalue weighted by Crippen LogP contribution is -2.36. The molecular weight excluding hydrogens is 352 g/mol. The van der Waals surface area contributed by atoms with Gasteiger partial charge in [0, 0.05) is 43.0 Å².